The average molecular weight is 1060 g/mol. The van der Waals surface area contributed by atoms with Crippen LogP contribution in [0.2, 0.25) is 13.6 Å². The number of anilines is 3. The molecule has 14 N–H and O–H groups in total. The molecular weight excluding hydrogens is 994 g/mol. The van der Waals surface area contributed by atoms with Crippen LogP contribution in [0.5, 0.6) is 0 Å². The van der Waals surface area contributed by atoms with E-state index in [0.717, 1.165) is 39.5 Å². The summed E-state index contributed by atoms with van der Waals surface area (Å²) in [7, 11) is -1.34. The molecule has 5 aromatic heterocycles. The molecule has 5 saturated heterocycles. The predicted octanol–water partition coefficient (Wildman–Crippen LogP) is 2.51. The van der Waals surface area contributed by atoms with E-state index < -0.39 is 37.9 Å². The molecular formula is C43H65B2ClN14O8S3. The molecule has 10 rings (SSSR count). The van der Waals surface area contributed by atoms with Gasteiger partial charge in [0.2, 0.25) is 0 Å². The lowest BCUT2D eigenvalue weighted by Gasteiger charge is -2.34. The summed E-state index contributed by atoms with van der Waals surface area (Å²) in [5.74, 6) is 1.80. The number of hydrogen-bond donors (Lipinski definition) is 11. The van der Waals surface area contributed by atoms with Crippen LogP contribution >= 0.6 is 47.7 Å². The third-order valence-corrected chi connectivity index (χ3v) is 15.6. The van der Waals surface area contributed by atoms with Crippen LogP contribution in [-0.2, 0) is 18.9 Å². The average Bonchev–Trinajstić information content (AvgIpc) is 4.19. The molecule has 5 aromatic rings. The number of hydrogen-bond acceptors (Lipinski definition) is 22. The van der Waals surface area contributed by atoms with E-state index in [2.05, 4.69) is 57.3 Å². The Bertz CT molecular complexity index is 2660. The van der Waals surface area contributed by atoms with Crippen molar-refractivity contribution in [2.75, 3.05) is 53.2 Å². The van der Waals surface area contributed by atoms with Gasteiger partial charge in [-0.2, -0.15) is 40.5 Å². The molecule has 0 bridgehead atoms. The summed E-state index contributed by atoms with van der Waals surface area (Å²) < 4.78 is 24.8. The zero-order valence-electron chi connectivity index (χ0n) is 41.0. The van der Waals surface area contributed by atoms with E-state index in [1.165, 1.54) is 12.7 Å². The second-order valence-electron chi connectivity index (χ2n) is 19.0. The Kier molecular flexibility index (Phi) is 17.2. The minimum Gasteiger partial charge on any atom is -0.437 e. The topological polar surface area (TPSA) is 337 Å². The van der Waals surface area contributed by atoms with Gasteiger partial charge in [0.1, 0.15) is 66.0 Å². The summed E-state index contributed by atoms with van der Waals surface area (Å²) >= 11 is 5.06. The lowest BCUT2D eigenvalue weighted by atomic mass is 9.81. The lowest BCUT2D eigenvalue weighted by molar-refractivity contribution is -0.163. The van der Waals surface area contributed by atoms with Crippen LogP contribution in [-0.4, -0.2) is 181 Å². The van der Waals surface area contributed by atoms with Gasteiger partial charge in [0, 0.05) is 70.7 Å². The summed E-state index contributed by atoms with van der Waals surface area (Å²) in [6.07, 6.45) is 11.9. The summed E-state index contributed by atoms with van der Waals surface area (Å²) in [6, 6.07) is 1.11. The van der Waals surface area contributed by atoms with E-state index in [1.807, 2.05) is 51.2 Å². The fraction of sp³-hybridized carbons (Fsp3) is 0.605. The molecule has 28 heteroatoms. The number of nitrogens with one attached hydrogen (secondary N) is 4. The number of aromatic amines is 3. The van der Waals surface area contributed by atoms with Gasteiger partial charge < -0.3 is 86.3 Å². The first kappa shape index (κ1) is 55.2. The maximum atomic E-state index is 10.6. The molecule has 5 aliphatic heterocycles. The molecule has 0 aliphatic carbocycles. The summed E-state index contributed by atoms with van der Waals surface area (Å²) in [5.41, 5.74) is 24.0. The van der Waals surface area contributed by atoms with Gasteiger partial charge in [0.05, 0.1) is 41.0 Å². The molecule has 0 aromatic carbocycles. The van der Waals surface area contributed by atoms with Gasteiger partial charge in [-0.1, -0.05) is 0 Å². The molecule has 0 amide bonds. The smallest absolute Gasteiger partial charge is 0.377 e. The minimum atomic E-state index is -0.873. The van der Waals surface area contributed by atoms with E-state index in [4.69, 9.17) is 36.1 Å². The highest BCUT2D eigenvalue weighted by atomic mass is 35.5. The number of rotatable bonds is 11. The molecule has 10 heterocycles. The third-order valence-electron chi connectivity index (χ3n) is 13.6. The van der Waals surface area contributed by atoms with Crippen molar-refractivity contribution in [3.63, 3.8) is 0 Å². The van der Waals surface area contributed by atoms with Gasteiger partial charge in [0.25, 0.3) is 0 Å². The van der Waals surface area contributed by atoms with E-state index in [0.29, 0.717) is 39.6 Å². The number of nitrogens with zero attached hydrogens (tertiary/aromatic N) is 7. The Morgan fingerprint density at radius 2 is 1.11 bits per heavy atom. The fourth-order valence-corrected chi connectivity index (χ4v) is 12.9. The van der Waals surface area contributed by atoms with Gasteiger partial charge in [-0.05, 0) is 60.1 Å². The lowest BCUT2D eigenvalue weighted by Crippen LogP contribution is -2.48. The zero-order chi connectivity index (χ0) is 50.6. The molecule has 5 fully saturated rings. The van der Waals surface area contributed by atoms with Crippen molar-refractivity contribution in [3.8, 4) is 6.07 Å². The quantitative estimate of drug-likeness (QED) is 0.0847. The maximum absolute atomic E-state index is 10.6. The van der Waals surface area contributed by atoms with Crippen molar-refractivity contribution < 1.29 is 39.2 Å². The number of H-pyrrole nitrogens is 3. The van der Waals surface area contributed by atoms with Crippen LogP contribution in [0.15, 0.2) is 31.2 Å². The van der Waals surface area contributed by atoms with Crippen LogP contribution in [0.1, 0.15) is 68.2 Å². The highest BCUT2D eigenvalue weighted by Crippen LogP contribution is 2.51. The Morgan fingerprint density at radius 1 is 0.676 bits per heavy atom. The molecule has 22 nitrogen and oxygen atoms in total. The van der Waals surface area contributed by atoms with Crippen molar-refractivity contribution in [3.05, 3.63) is 53.6 Å². The van der Waals surface area contributed by atoms with Crippen LogP contribution in [0, 0.1) is 11.3 Å². The van der Waals surface area contributed by atoms with E-state index in [9.17, 15) is 25.5 Å². The number of thioether (sulfide) groups is 3. The first-order valence-electron chi connectivity index (χ1n) is 23.0. The highest BCUT2D eigenvalue weighted by molar-refractivity contribution is 7.99. The van der Waals surface area contributed by atoms with Gasteiger partial charge in [-0.15, -0.1) is 12.4 Å². The number of aliphatic hydroxyl groups is 2. The minimum absolute atomic E-state index is 0. The zero-order valence-corrected chi connectivity index (χ0v) is 44.3. The Balaban J connectivity index is 0.000000157. The first-order valence-corrected chi connectivity index (χ1v) is 27.2. The number of fused-ring (bicyclic) bond motifs is 4. The van der Waals surface area contributed by atoms with Crippen LogP contribution in [0.4, 0.5) is 17.3 Å². The molecule has 71 heavy (non-hydrogen) atoms. The highest BCUT2D eigenvalue weighted by Gasteiger charge is 2.61. The van der Waals surface area contributed by atoms with Crippen LogP contribution in [0.25, 0.3) is 22.1 Å². The Labute approximate surface area is 432 Å². The summed E-state index contributed by atoms with van der Waals surface area (Å²) in [6.45, 7) is 11.2. The third kappa shape index (κ3) is 10.5. The van der Waals surface area contributed by atoms with Crippen LogP contribution in [0.3, 0.4) is 0 Å². The van der Waals surface area contributed by atoms with E-state index in [1.54, 1.807) is 61.3 Å². The van der Waals surface area contributed by atoms with Crippen molar-refractivity contribution in [1.82, 2.24) is 49.8 Å². The Hall–Kier alpha value is -3.56. The van der Waals surface area contributed by atoms with E-state index in [-0.39, 0.29) is 73.1 Å². The molecule has 0 unspecified atom stereocenters. The van der Waals surface area contributed by atoms with Crippen molar-refractivity contribution in [2.24, 2.45) is 0 Å². The number of nitriles is 1. The number of nitrogens with two attached hydrogens (primary N) is 3. The van der Waals surface area contributed by atoms with Crippen molar-refractivity contribution in [1.29, 1.82) is 5.26 Å². The summed E-state index contributed by atoms with van der Waals surface area (Å²) in [5, 5.41) is 53.8. The maximum Gasteiger partial charge on any atom is 0.377 e. The van der Waals surface area contributed by atoms with Gasteiger partial charge >= 0.3 is 14.1 Å². The second kappa shape index (κ2) is 22.1. The molecule has 12 atom stereocenters. The monoisotopic (exact) mass is 1060 g/mol. The normalized spacial score (nSPS) is 30.5. The second-order valence-corrected chi connectivity index (χ2v) is 21.7. The molecule has 0 spiro atoms. The SMILES string of the molecule is CSC[C@@H]1[C@H]2OC(C)(C)O[C@H]2[C@H](c2c[nH]c(C#N)c2N)N1B(C)O.CSC[C@@H]1[C@H]2OC(C)(C)O[C@H]2[C@H](c2c[nH]c3c(N)ncnc23)N1B(C)O.CSC[C@H]1N[C@@H](c2c[nH]c3c(N)ncnc23)[C@H](O)[C@@H]1O.Cl. The van der Waals surface area contributed by atoms with Gasteiger partial charge in [-0.3, -0.25) is 0 Å². The van der Waals surface area contributed by atoms with Gasteiger partial charge in [-0.25, -0.2) is 19.9 Å². The number of halogens is 1. The largest absolute Gasteiger partial charge is 0.437 e. The van der Waals surface area contributed by atoms with Crippen molar-refractivity contribution >= 4 is 101 Å². The van der Waals surface area contributed by atoms with E-state index >= 15 is 0 Å². The first-order chi connectivity index (χ1) is 33.3. The molecule has 0 radical (unpaired) electrons. The summed E-state index contributed by atoms with van der Waals surface area (Å²) in [4.78, 5) is 29.8. The molecule has 0 saturated carbocycles. The fourth-order valence-electron chi connectivity index (χ4n) is 10.9. The number of ether oxygens (including phenoxy) is 4. The molecule has 386 valence electrons. The number of aliphatic hydroxyl groups excluding tert-OH is 2. The Morgan fingerprint density at radius 3 is 1.56 bits per heavy atom. The van der Waals surface area contributed by atoms with Crippen molar-refractivity contribution in [2.45, 2.75) is 126 Å². The standard InChI is InChI=1S/C16H24BN5O3S.C15H23BN4O3S.C12H17N5O2S.ClH/c1-16(2)24-13-9(6-26-4)22(17(3)23)12(14(13)25-16)8-5-19-11-10(8)20-7-21-15(11)18;1-15(2)22-13-10(7-24-4)20(16(3)21)12(14(13)23-15)8-6-19-9(5-17)11(8)18;1-20-3-6-10(18)11(19)8(17-6)5-2-14-9-7(5)15-4-16-12(9)13;/h5,7,9,12-14,19,23H,6H2,1-4H3,(H2,18,20,21);6,10,12-14,19,21H,7,18H2,1-4H3;2,4,6,8,10-11,14,17-19H,3H2,1H3,(H2,13,15,16);1H/t9-,12+,13-,14+;10-,12+,13-,14+;6-,8+,10-,11+;/m111./s1. The van der Waals surface area contributed by atoms with Gasteiger partial charge in [0.15, 0.2) is 23.2 Å². The predicted molar refractivity (Wildman–Crippen MR) is 283 cm³/mol. The molecule has 5 aliphatic rings. The number of nitrogen functional groups attached to an aromatic ring is 3. The number of aromatic nitrogens is 7. The van der Waals surface area contributed by atoms with Crippen LogP contribution < -0.4 is 22.5 Å².